The van der Waals surface area contributed by atoms with Gasteiger partial charge in [-0.25, -0.2) is 0 Å². The molecular weight excluding hydrogens is 364 g/mol. The normalized spacial score (nSPS) is 14.6. The molecule has 0 saturated carbocycles. The van der Waals surface area contributed by atoms with Crippen LogP contribution in [0, 0.1) is 11.3 Å². The van der Waals surface area contributed by atoms with Crippen molar-refractivity contribution >= 4 is 23.6 Å². The molecule has 6 heteroatoms. The van der Waals surface area contributed by atoms with Gasteiger partial charge in [0, 0.05) is 6.42 Å². The van der Waals surface area contributed by atoms with Crippen LogP contribution in [-0.2, 0) is 4.79 Å². The van der Waals surface area contributed by atoms with Crippen LogP contribution in [0.15, 0.2) is 48.0 Å². The van der Waals surface area contributed by atoms with Gasteiger partial charge in [0.1, 0.15) is 11.6 Å². The summed E-state index contributed by atoms with van der Waals surface area (Å²) >= 11 is 6.27. The maximum Gasteiger partial charge on any atom is 0.262 e. The van der Waals surface area contributed by atoms with E-state index in [9.17, 15) is 10.1 Å². The molecule has 1 N–H and O–H groups in total. The molecule has 0 aromatic heterocycles. The number of amides is 1. The number of benzene rings is 2. The fourth-order valence-corrected chi connectivity index (χ4v) is 3.02. The quantitative estimate of drug-likeness (QED) is 0.632. The van der Waals surface area contributed by atoms with Gasteiger partial charge in [-0.05, 0) is 36.3 Å². The van der Waals surface area contributed by atoms with E-state index < -0.39 is 5.91 Å². The van der Waals surface area contributed by atoms with Crippen molar-refractivity contribution in [3.05, 3.63) is 64.2 Å². The number of rotatable bonds is 4. The van der Waals surface area contributed by atoms with Gasteiger partial charge in [0.15, 0.2) is 11.5 Å². The van der Waals surface area contributed by atoms with Gasteiger partial charge < -0.3 is 14.8 Å². The van der Waals surface area contributed by atoms with Gasteiger partial charge in [0.2, 0.25) is 0 Å². The fourth-order valence-electron chi connectivity index (χ4n) is 2.75. The van der Waals surface area contributed by atoms with Gasteiger partial charge in [0.05, 0.1) is 24.3 Å². The first-order chi connectivity index (χ1) is 13.1. The second kappa shape index (κ2) is 8.61. The van der Waals surface area contributed by atoms with Crippen molar-refractivity contribution in [2.24, 2.45) is 0 Å². The Morgan fingerprint density at radius 3 is 2.74 bits per heavy atom. The number of fused-ring (bicyclic) bond motifs is 1. The van der Waals surface area contributed by atoms with E-state index in [2.05, 4.69) is 5.32 Å². The Bertz CT molecular complexity index is 904. The molecule has 0 unspecified atom stereocenters. The van der Waals surface area contributed by atoms with Gasteiger partial charge in [-0.2, -0.15) is 5.26 Å². The summed E-state index contributed by atoms with van der Waals surface area (Å²) in [6.45, 7) is 2.93. The Kier molecular flexibility index (Phi) is 6.00. The standard InChI is InChI=1S/C21H19ClN2O3/c1-14(16-6-3-2-4-7-16)24-21(25)17(13-23)10-15-11-18(22)20-19(12-15)26-8-5-9-27-20/h2-4,6-7,10-12,14H,5,8-9H2,1H3,(H,24,25)/b17-10+/t14-/m1/s1. The maximum atomic E-state index is 12.5. The number of hydrogen-bond acceptors (Lipinski definition) is 4. The maximum absolute atomic E-state index is 12.5. The molecule has 0 radical (unpaired) electrons. The summed E-state index contributed by atoms with van der Waals surface area (Å²) in [7, 11) is 0. The van der Waals surface area contributed by atoms with E-state index in [1.54, 1.807) is 12.1 Å². The van der Waals surface area contributed by atoms with Crippen LogP contribution in [0.5, 0.6) is 11.5 Å². The number of hydrogen-bond donors (Lipinski definition) is 1. The predicted octanol–water partition coefficient (Wildman–Crippen LogP) is 4.29. The topological polar surface area (TPSA) is 71.4 Å². The first-order valence-electron chi connectivity index (χ1n) is 8.65. The monoisotopic (exact) mass is 382 g/mol. The molecule has 2 aromatic rings. The lowest BCUT2D eigenvalue weighted by atomic mass is 10.1. The van der Waals surface area contributed by atoms with Gasteiger partial charge >= 0.3 is 0 Å². The SMILES string of the molecule is C[C@@H](NC(=O)/C(C#N)=C/c1cc(Cl)c2c(c1)OCCCO2)c1ccccc1. The summed E-state index contributed by atoms with van der Waals surface area (Å²) in [6, 6.07) is 14.7. The van der Waals surface area contributed by atoms with Crippen LogP contribution in [0.4, 0.5) is 0 Å². The Balaban J connectivity index is 1.82. The van der Waals surface area contributed by atoms with Gasteiger partial charge in [-0.1, -0.05) is 41.9 Å². The number of carbonyl (C=O) groups is 1. The molecule has 1 aliphatic heterocycles. The first-order valence-corrected chi connectivity index (χ1v) is 9.03. The van der Waals surface area contributed by atoms with Crippen LogP contribution in [0.3, 0.4) is 0 Å². The summed E-state index contributed by atoms with van der Waals surface area (Å²) in [6.07, 6.45) is 2.26. The van der Waals surface area contributed by atoms with Crippen LogP contribution in [0.25, 0.3) is 6.08 Å². The predicted molar refractivity (Wildman–Crippen MR) is 104 cm³/mol. The molecule has 1 aliphatic rings. The molecule has 0 spiro atoms. The average molecular weight is 383 g/mol. The highest BCUT2D eigenvalue weighted by Gasteiger charge is 2.17. The van der Waals surface area contributed by atoms with E-state index in [0.29, 0.717) is 35.3 Å². The number of nitrogens with one attached hydrogen (secondary N) is 1. The third-order valence-corrected chi connectivity index (χ3v) is 4.43. The summed E-state index contributed by atoms with van der Waals surface area (Å²) in [5, 5.41) is 12.6. The molecule has 138 valence electrons. The van der Waals surface area contributed by atoms with Crippen molar-refractivity contribution in [3.8, 4) is 17.6 Å². The average Bonchev–Trinajstić information content (AvgIpc) is 2.92. The zero-order chi connectivity index (χ0) is 19.2. The van der Waals surface area contributed by atoms with E-state index in [4.69, 9.17) is 21.1 Å². The van der Waals surface area contributed by atoms with Crippen molar-refractivity contribution in [2.75, 3.05) is 13.2 Å². The molecule has 0 aliphatic carbocycles. The second-order valence-corrected chi connectivity index (χ2v) is 6.56. The summed E-state index contributed by atoms with van der Waals surface area (Å²) in [5.41, 5.74) is 1.55. The summed E-state index contributed by atoms with van der Waals surface area (Å²) < 4.78 is 11.2. The first kappa shape index (κ1) is 18.8. The number of halogens is 1. The van der Waals surface area contributed by atoms with E-state index in [1.807, 2.05) is 43.3 Å². The van der Waals surface area contributed by atoms with Crippen molar-refractivity contribution in [3.63, 3.8) is 0 Å². The fraction of sp³-hybridized carbons (Fsp3) is 0.238. The largest absolute Gasteiger partial charge is 0.489 e. The summed E-state index contributed by atoms with van der Waals surface area (Å²) in [5.74, 6) is 0.561. The van der Waals surface area contributed by atoms with Crippen molar-refractivity contribution in [1.82, 2.24) is 5.32 Å². The third kappa shape index (κ3) is 4.60. The van der Waals surface area contributed by atoms with Crippen LogP contribution >= 0.6 is 11.6 Å². The Hall–Kier alpha value is -2.97. The number of nitriles is 1. The van der Waals surface area contributed by atoms with Crippen molar-refractivity contribution < 1.29 is 14.3 Å². The lowest BCUT2D eigenvalue weighted by Crippen LogP contribution is -2.27. The molecule has 1 amide bonds. The minimum Gasteiger partial charge on any atom is -0.489 e. The van der Waals surface area contributed by atoms with E-state index in [-0.39, 0.29) is 11.6 Å². The van der Waals surface area contributed by atoms with E-state index in [1.165, 1.54) is 6.08 Å². The van der Waals surface area contributed by atoms with Crippen LogP contribution in [0.2, 0.25) is 5.02 Å². The molecule has 3 rings (SSSR count). The molecule has 27 heavy (non-hydrogen) atoms. The Morgan fingerprint density at radius 2 is 2.00 bits per heavy atom. The minimum atomic E-state index is -0.447. The minimum absolute atomic E-state index is 0.0108. The number of nitrogens with zero attached hydrogens (tertiary/aromatic N) is 1. The van der Waals surface area contributed by atoms with Crippen LogP contribution < -0.4 is 14.8 Å². The van der Waals surface area contributed by atoms with Gasteiger partial charge in [-0.15, -0.1) is 0 Å². The second-order valence-electron chi connectivity index (χ2n) is 6.16. The van der Waals surface area contributed by atoms with Crippen molar-refractivity contribution in [2.45, 2.75) is 19.4 Å². The lowest BCUT2D eigenvalue weighted by Gasteiger charge is -2.14. The van der Waals surface area contributed by atoms with Gasteiger partial charge in [-0.3, -0.25) is 4.79 Å². The number of ether oxygens (including phenoxy) is 2. The highest BCUT2D eigenvalue weighted by atomic mass is 35.5. The lowest BCUT2D eigenvalue weighted by molar-refractivity contribution is -0.117. The highest BCUT2D eigenvalue weighted by Crippen LogP contribution is 2.38. The molecule has 0 saturated heterocycles. The zero-order valence-electron chi connectivity index (χ0n) is 14.9. The molecule has 5 nitrogen and oxygen atoms in total. The third-order valence-electron chi connectivity index (χ3n) is 4.15. The molecule has 2 aromatic carbocycles. The molecule has 0 bridgehead atoms. The molecule has 1 heterocycles. The van der Waals surface area contributed by atoms with Crippen LogP contribution in [-0.4, -0.2) is 19.1 Å². The van der Waals surface area contributed by atoms with Gasteiger partial charge in [0.25, 0.3) is 5.91 Å². The van der Waals surface area contributed by atoms with Crippen LogP contribution in [0.1, 0.15) is 30.5 Å². The summed E-state index contributed by atoms with van der Waals surface area (Å²) in [4.78, 5) is 12.5. The van der Waals surface area contributed by atoms with E-state index in [0.717, 1.165) is 12.0 Å². The Labute approximate surface area is 163 Å². The number of carbonyl (C=O) groups excluding carboxylic acids is 1. The molecule has 0 fully saturated rings. The molecule has 1 atom stereocenters. The smallest absolute Gasteiger partial charge is 0.262 e. The zero-order valence-corrected chi connectivity index (χ0v) is 15.6. The highest BCUT2D eigenvalue weighted by molar-refractivity contribution is 6.32. The van der Waals surface area contributed by atoms with E-state index >= 15 is 0 Å². The molecular formula is C21H19ClN2O3. The Morgan fingerprint density at radius 1 is 1.26 bits per heavy atom. The van der Waals surface area contributed by atoms with Crippen molar-refractivity contribution in [1.29, 1.82) is 5.26 Å².